The van der Waals surface area contributed by atoms with Crippen LogP contribution in [0.2, 0.25) is 0 Å². The maximum absolute atomic E-state index is 14.4. The summed E-state index contributed by atoms with van der Waals surface area (Å²) in [7, 11) is 0. The molecule has 1 saturated heterocycles. The molecule has 0 spiro atoms. The van der Waals surface area contributed by atoms with Gasteiger partial charge in [-0.1, -0.05) is 0 Å². The summed E-state index contributed by atoms with van der Waals surface area (Å²) < 4.78 is 99.8. The molecule has 1 aliphatic heterocycles. The van der Waals surface area contributed by atoms with Crippen molar-refractivity contribution in [1.29, 1.82) is 0 Å². The number of nitrogens with one attached hydrogen (secondary N) is 1. The van der Waals surface area contributed by atoms with E-state index in [-0.39, 0.29) is 48.2 Å². The molecular weight excluding hydrogens is 567 g/mol. The molecule has 1 aliphatic rings. The van der Waals surface area contributed by atoms with Crippen molar-refractivity contribution in [3.05, 3.63) is 63.9 Å². The smallest absolute Gasteiger partial charge is 0.434 e. The van der Waals surface area contributed by atoms with Gasteiger partial charge in [-0.05, 0) is 43.6 Å². The quantitative estimate of drug-likeness (QED) is 0.313. The van der Waals surface area contributed by atoms with Gasteiger partial charge in [0.1, 0.15) is 0 Å². The van der Waals surface area contributed by atoms with E-state index in [0.29, 0.717) is 36.3 Å². The number of carbonyl (C=O) groups is 1. The van der Waals surface area contributed by atoms with Gasteiger partial charge in [0.25, 0.3) is 5.91 Å². The van der Waals surface area contributed by atoms with Crippen LogP contribution in [-0.2, 0) is 12.6 Å². The Bertz CT molecular complexity index is 1330. The van der Waals surface area contributed by atoms with E-state index in [1.165, 1.54) is 12.1 Å². The second-order valence-electron chi connectivity index (χ2n) is 9.36. The topological polar surface area (TPSA) is 80.2 Å². The fourth-order valence-electron chi connectivity index (χ4n) is 4.21. The molecule has 0 radical (unpaired) electrons. The highest BCUT2D eigenvalue weighted by Gasteiger charge is 2.33. The van der Waals surface area contributed by atoms with E-state index in [4.69, 9.17) is 4.74 Å². The molecule has 0 saturated carbocycles. The number of alkyl halides is 6. The molecule has 40 heavy (non-hydrogen) atoms. The van der Waals surface area contributed by atoms with Crippen LogP contribution >= 0.6 is 11.5 Å². The second kappa shape index (κ2) is 12.0. The number of amides is 1. The van der Waals surface area contributed by atoms with Crippen molar-refractivity contribution in [3.63, 3.8) is 0 Å². The fraction of sp³-hybridized carbons (Fsp3) is 0.440. The highest BCUT2D eigenvalue weighted by atomic mass is 32.1. The lowest BCUT2D eigenvalue weighted by atomic mass is 10.1. The van der Waals surface area contributed by atoms with Crippen LogP contribution in [0.15, 0.2) is 30.6 Å². The van der Waals surface area contributed by atoms with E-state index in [2.05, 4.69) is 19.7 Å². The Morgan fingerprint density at radius 2 is 1.95 bits per heavy atom. The average molecular weight is 592 g/mol. The first-order chi connectivity index (χ1) is 18.8. The first-order valence-electron chi connectivity index (χ1n) is 12.1. The van der Waals surface area contributed by atoms with E-state index in [1.54, 1.807) is 11.8 Å². The summed E-state index contributed by atoms with van der Waals surface area (Å²) in [5.74, 6) is -1.41. The molecule has 1 fully saturated rings. The van der Waals surface area contributed by atoms with Gasteiger partial charge >= 0.3 is 12.4 Å². The van der Waals surface area contributed by atoms with Gasteiger partial charge in [-0.2, -0.15) is 30.7 Å². The highest BCUT2D eigenvalue weighted by molar-refractivity contribution is 7.06. The third kappa shape index (κ3) is 7.87. The van der Waals surface area contributed by atoms with Crippen LogP contribution < -0.4 is 10.1 Å². The number of hydrogen-bond donors (Lipinski definition) is 1. The summed E-state index contributed by atoms with van der Waals surface area (Å²) in [5.41, 5.74) is -0.0797. The zero-order chi connectivity index (χ0) is 29.1. The van der Waals surface area contributed by atoms with Gasteiger partial charge in [0.2, 0.25) is 0 Å². The number of ether oxygens (including phenoxy) is 1. The van der Waals surface area contributed by atoms with Gasteiger partial charge in [-0.3, -0.25) is 9.78 Å². The van der Waals surface area contributed by atoms with Gasteiger partial charge in [0, 0.05) is 48.3 Å². The van der Waals surface area contributed by atoms with E-state index >= 15 is 0 Å². The van der Waals surface area contributed by atoms with Crippen molar-refractivity contribution < 1.29 is 40.3 Å². The van der Waals surface area contributed by atoms with Crippen LogP contribution in [0.4, 0.5) is 36.4 Å². The van der Waals surface area contributed by atoms with Crippen LogP contribution in [-0.4, -0.2) is 57.6 Å². The molecule has 3 aromatic rings. The van der Waals surface area contributed by atoms with Crippen LogP contribution in [0.25, 0.3) is 0 Å². The Morgan fingerprint density at radius 1 is 1.18 bits per heavy atom. The van der Waals surface area contributed by atoms with Crippen LogP contribution in [0.5, 0.6) is 5.75 Å². The number of aromatic nitrogens is 3. The molecule has 1 aromatic carbocycles. The Kier molecular flexibility index (Phi) is 8.93. The SMILES string of the molecule is Cc1nsc(Cc2cnc(C(F)(F)F)cn2)c1C(=O)Nc1ccc(F)c(OC[C@H]2CCN(CCC(F)(F)F)C2)c1. The van der Waals surface area contributed by atoms with Gasteiger partial charge in [0.15, 0.2) is 17.3 Å². The van der Waals surface area contributed by atoms with Gasteiger partial charge < -0.3 is 15.0 Å². The molecule has 3 heterocycles. The third-order valence-electron chi connectivity index (χ3n) is 6.24. The minimum absolute atomic E-state index is 0.0263. The summed E-state index contributed by atoms with van der Waals surface area (Å²) in [4.78, 5) is 22.4. The summed E-state index contributed by atoms with van der Waals surface area (Å²) in [6.07, 6.45) is -7.49. The largest absolute Gasteiger partial charge is 0.490 e. The normalized spacial score (nSPS) is 16.4. The maximum Gasteiger partial charge on any atom is 0.434 e. The van der Waals surface area contributed by atoms with Crippen molar-refractivity contribution in [2.75, 3.05) is 31.6 Å². The van der Waals surface area contributed by atoms with Crippen molar-refractivity contribution in [1.82, 2.24) is 19.2 Å². The van der Waals surface area contributed by atoms with Crippen LogP contribution in [0.1, 0.15) is 45.2 Å². The van der Waals surface area contributed by atoms with Crippen molar-refractivity contribution in [2.45, 2.75) is 38.5 Å². The zero-order valence-electron chi connectivity index (χ0n) is 21.1. The molecule has 0 aliphatic carbocycles. The Balaban J connectivity index is 1.37. The number of aryl methyl sites for hydroxylation is 1. The highest BCUT2D eigenvalue weighted by Crippen LogP contribution is 2.29. The number of rotatable bonds is 9. The van der Waals surface area contributed by atoms with E-state index in [1.807, 2.05) is 0 Å². The molecule has 1 atom stereocenters. The first-order valence-corrected chi connectivity index (χ1v) is 12.9. The van der Waals surface area contributed by atoms with Crippen LogP contribution in [0.3, 0.4) is 0 Å². The predicted octanol–water partition coefficient (Wildman–Crippen LogP) is 5.90. The minimum Gasteiger partial charge on any atom is -0.490 e. The average Bonchev–Trinajstić information content (AvgIpc) is 3.48. The Morgan fingerprint density at radius 3 is 2.62 bits per heavy atom. The molecule has 4 rings (SSSR count). The van der Waals surface area contributed by atoms with E-state index < -0.39 is 36.2 Å². The Hall–Kier alpha value is -3.33. The van der Waals surface area contributed by atoms with E-state index in [0.717, 1.165) is 23.8 Å². The number of hydrogen-bond acceptors (Lipinski definition) is 7. The molecule has 1 N–H and O–H groups in total. The third-order valence-corrected chi connectivity index (χ3v) is 7.18. The number of nitrogens with zero attached hydrogens (tertiary/aromatic N) is 4. The molecule has 216 valence electrons. The first kappa shape index (κ1) is 29.6. The summed E-state index contributed by atoms with van der Waals surface area (Å²) >= 11 is 1.00. The van der Waals surface area contributed by atoms with Crippen molar-refractivity contribution >= 4 is 23.1 Å². The molecule has 0 unspecified atom stereocenters. The number of anilines is 1. The molecule has 7 nitrogen and oxygen atoms in total. The monoisotopic (exact) mass is 591 g/mol. The number of likely N-dealkylation sites (tertiary alicyclic amines) is 1. The number of benzene rings is 1. The lowest BCUT2D eigenvalue weighted by Crippen LogP contribution is -2.27. The van der Waals surface area contributed by atoms with Gasteiger partial charge in [0.05, 0.1) is 36.2 Å². The minimum atomic E-state index is -4.62. The van der Waals surface area contributed by atoms with Gasteiger partial charge in [-0.15, -0.1) is 0 Å². The lowest BCUT2D eigenvalue weighted by Gasteiger charge is -2.17. The lowest BCUT2D eigenvalue weighted by molar-refractivity contribution is -0.141. The zero-order valence-corrected chi connectivity index (χ0v) is 21.9. The molecule has 2 aromatic heterocycles. The standard InChI is InChI=1S/C25H24F7N5O2S/c1-14-22(20(40-36-14)9-17-10-34-21(11-33-17)25(30,31)32)23(38)35-16-2-3-18(26)19(8-16)39-13-15-4-6-37(12-15)7-5-24(27,28)29/h2-3,8,10-11,15H,4-7,9,12-13H2,1H3,(H,35,38)/t15-/m0/s1. The Labute approximate surface area is 228 Å². The molecule has 1 amide bonds. The fourth-order valence-corrected chi connectivity index (χ4v) is 5.10. The predicted molar refractivity (Wildman–Crippen MR) is 132 cm³/mol. The van der Waals surface area contributed by atoms with Gasteiger partial charge in [-0.25, -0.2) is 9.37 Å². The number of carbonyl (C=O) groups excluding carboxylic acids is 1. The molecule has 0 bridgehead atoms. The summed E-state index contributed by atoms with van der Waals surface area (Å²) in [6, 6.07) is 3.76. The van der Waals surface area contributed by atoms with Crippen molar-refractivity contribution in [2.24, 2.45) is 5.92 Å². The number of halogens is 7. The second-order valence-corrected chi connectivity index (χ2v) is 10.2. The maximum atomic E-state index is 14.4. The molecule has 15 heteroatoms. The molecular formula is C25H24F7N5O2S. The summed E-state index contributed by atoms with van der Waals surface area (Å²) in [6.45, 7) is 2.51. The van der Waals surface area contributed by atoms with Crippen molar-refractivity contribution in [3.8, 4) is 5.75 Å². The van der Waals surface area contributed by atoms with E-state index in [9.17, 15) is 35.5 Å². The van der Waals surface area contributed by atoms with Crippen LogP contribution in [0, 0.1) is 18.7 Å². The summed E-state index contributed by atoms with van der Waals surface area (Å²) in [5, 5.41) is 2.66.